The Morgan fingerprint density at radius 2 is 1.90 bits per heavy atom. The van der Waals surface area contributed by atoms with E-state index in [-0.39, 0.29) is 45.7 Å². The van der Waals surface area contributed by atoms with Crippen molar-refractivity contribution in [1.29, 1.82) is 0 Å². The van der Waals surface area contributed by atoms with Gasteiger partial charge in [-0.05, 0) is 48.3 Å². The molecule has 7 nitrogen and oxygen atoms in total. The average Bonchev–Trinajstić information content (AvgIpc) is 3.15. The summed E-state index contributed by atoms with van der Waals surface area (Å²) in [4.78, 5) is 15.9. The molecule has 3 aromatic rings. The van der Waals surface area contributed by atoms with E-state index in [1.165, 1.54) is 12.1 Å². The molecule has 3 rings (SSSR count). The SMILES string of the molecule is CCOC(=O)c1cc(-c2ncc(F)cc2OCc2cc(F)cc(S(C)(=O)=O)c2)ns1. The zero-order valence-electron chi connectivity index (χ0n) is 15.9. The number of rotatable bonds is 7. The molecule has 11 heteroatoms. The lowest BCUT2D eigenvalue weighted by molar-refractivity contribution is 0.0532. The minimum absolute atomic E-state index is 0.000811. The van der Waals surface area contributed by atoms with Gasteiger partial charge < -0.3 is 9.47 Å². The Hall–Kier alpha value is -2.92. The van der Waals surface area contributed by atoms with E-state index in [4.69, 9.17) is 9.47 Å². The number of halogens is 2. The fourth-order valence-corrected chi connectivity index (χ4v) is 3.81. The standard InChI is InChI=1S/C19H16F2N2O5S2/c1-3-27-19(24)17-8-15(23-29-17)18-16(7-13(21)9-22-18)28-10-11-4-12(20)6-14(5-11)30(2,25)26/h4-9H,3,10H2,1-2H3. The summed E-state index contributed by atoms with van der Waals surface area (Å²) in [5.41, 5.74) is 0.674. The third-order valence-corrected chi connectivity index (χ3v) is 5.66. The zero-order chi connectivity index (χ0) is 21.9. The van der Waals surface area contributed by atoms with Crippen molar-refractivity contribution >= 4 is 27.3 Å². The Bertz CT molecular complexity index is 1200. The first-order chi connectivity index (χ1) is 14.2. The normalized spacial score (nSPS) is 11.3. The minimum atomic E-state index is -3.62. The highest BCUT2D eigenvalue weighted by atomic mass is 32.2. The van der Waals surface area contributed by atoms with Crippen molar-refractivity contribution in [3.8, 4) is 17.1 Å². The molecule has 0 aliphatic heterocycles. The van der Waals surface area contributed by atoms with Gasteiger partial charge in [-0.15, -0.1) is 0 Å². The molecule has 0 fully saturated rings. The third-order valence-electron chi connectivity index (χ3n) is 3.80. The van der Waals surface area contributed by atoms with Gasteiger partial charge in [0.15, 0.2) is 15.6 Å². The van der Waals surface area contributed by atoms with Gasteiger partial charge in [-0.3, -0.25) is 0 Å². The molecule has 2 aromatic heterocycles. The molecule has 0 saturated carbocycles. The quantitative estimate of drug-likeness (QED) is 0.503. The van der Waals surface area contributed by atoms with E-state index in [0.717, 1.165) is 42.2 Å². The zero-order valence-corrected chi connectivity index (χ0v) is 17.5. The van der Waals surface area contributed by atoms with E-state index in [1.54, 1.807) is 6.92 Å². The van der Waals surface area contributed by atoms with E-state index >= 15 is 0 Å². The van der Waals surface area contributed by atoms with Crippen molar-refractivity contribution < 1.29 is 31.5 Å². The molecule has 0 amide bonds. The first kappa shape index (κ1) is 21.8. The Morgan fingerprint density at radius 3 is 2.60 bits per heavy atom. The smallest absolute Gasteiger partial charge is 0.349 e. The van der Waals surface area contributed by atoms with Gasteiger partial charge in [0, 0.05) is 12.3 Å². The van der Waals surface area contributed by atoms with Crippen molar-refractivity contribution in [1.82, 2.24) is 9.36 Å². The van der Waals surface area contributed by atoms with Crippen LogP contribution in [0.2, 0.25) is 0 Å². The number of carbonyl (C=O) groups excluding carboxylic acids is 1. The van der Waals surface area contributed by atoms with Crippen LogP contribution in [0.1, 0.15) is 22.2 Å². The van der Waals surface area contributed by atoms with E-state index < -0.39 is 27.4 Å². The van der Waals surface area contributed by atoms with Crippen molar-refractivity contribution in [3.63, 3.8) is 0 Å². The summed E-state index contributed by atoms with van der Waals surface area (Å²) in [5.74, 6) is -1.96. The van der Waals surface area contributed by atoms with Gasteiger partial charge in [0.05, 0.1) is 17.7 Å². The largest absolute Gasteiger partial charge is 0.486 e. The number of nitrogens with zero attached hydrogens (tertiary/aromatic N) is 2. The lowest BCUT2D eigenvalue weighted by Gasteiger charge is -2.11. The molecule has 0 N–H and O–H groups in total. The van der Waals surface area contributed by atoms with Crippen LogP contribution in [0.5, 0.6) is 5.75 Å². The Labute approximate surface area is 175 Å². The van der Waals surface area contributed by atoms with Gasteiger partial charge in [0.1, 0.15) is 34.5 Å². The van der Waals surface area contributed by atoms with E-state index in [0.29, 0.717) is 0 Å². The molecule has 0 spiro atoms. The lowest BCUT2D eigenvalue weighted by Crippen LogP contribution is -2.03. The fraction of sp³-hybridized carbons (Fsp3) is 0.211. The van der Waals surface area contributed by atoms with Crippen LogP contribution < -0.4 is 4.74 Å². The summed E-state index contributed by atoms with van der Waals surface area (Å²) >= 11 is 0.896. The van der Waals surface area contributed by atoms with Gasteiger partial charge in [-0.2, -0.15) is 4.37 Å². The highest BCUT2D eigenvalue weighted by Gasteiger charge is 2.18. The number of hydrogen-bond acceptors (Lipinski definition) is 8. The maximum Gasteiger partial charge on any atom is 0.349 e. The second-order valence-corrected chi connectivity index (χ2v) is 8.97. The molecular weight excluding hydrogens is 438 g/mol. The maximum absolute atomic E-state index is 13.8. The second kappa shape index (κ2) is 8.84. The molecule has 0 unspecified atom stereocenters. The molecule has 0 atom stereocenters. The molecule has 158 valence electrons. The van der Waals surface area contributed by atoms with Crippen LogP contribution in [-0.2, 0) is 21.2 Å². The number of pyridine rings is 1. The van der Waals surface area contributed by atoms with Crippen LogP contribution in [0.25, 0.3) is 11.4 Å². The molecule has 0 aliphatic carbocycles. The van der Waals surface area contributed by atoms with Crippen LogP contribution in [-0.4, -0.2) is 36.6 Å². The number of hydrogen-bond donors (Lipinski definition) is 0. The number of benzene rings is 1. The first-order valence-corrected chi connectivity index (χ1v) is 11.3. The average molecular weight is 454 g/mol. The molecule has 0 saturated heterocycles. The van der Waals surface area contributed by atoms with Crippen LogP contribution in [0.15, 0.2) is 41.4 Å². The molecular formula is C19H16F2N2O5S2. The predicted molar refractivity (Wildman–Crippen MR) is 105 cm³/mol. The molecule has 1 aromatic carbocycles. The molecule has 0 bridgehead atoms. The molecule has 30 heavy (non-hydrogen) atoms. The van der Waals surface area contributed by atoms with Crippen LogP contribution in [0, 0.1) is 11.6 Å². The minimum Gasteiger partial charge on any atom is -0.486 e. The molecule has 0 radical (unpaired) electrons. The Balaban J connectivity index is 1.89. The first-order valence-electron chi connectivity index (χ1n) is 8.59. The topological polar surface area (TPSA) is 95.5 Å². The summed E-state index contributed by atoms with van der Waals surface area (Å²) < 4.78 is 65.5. The second-order valence-electron chi connectivity index (χ2n) is 6.15. The monoisotopic (exact) mass is 454 g/mol. The summed E-state index contributed by atoms with van der Waals surface area (Å²) in [6.07, 6.45) is 1.93. The van der Waals surface area contributed by atoms with Crippen molar-refractivity contribution in [2.75, 3.05) is 12.9 Å². The number of esters is 1. The van der Waals surface area contributed by atoms with Crippen LogP contribution in [0.4, 0.5) is 8.78 Å². The Kier molecular flexibility index (Phi) is 6.42. The van der Waals surface area contributed by atoms with E-state index in [1.807, 2.05) is 0 Å². The number of sulfone groups is 1. The third kappa shape index (κ3) is 5.16. The predicted octanol–water partition coefficient (Wildman–Crippen LogP) is 3.64. The van der Waals surface area contributed by atoms with Crippen molar-refractivity contribution in [2.24, 2.45) is 0 Å². The summed E-state index contributed by atoms with van der Waals surface area (Å²) in [6, 6.07) is 5.80. The van der Waals surface area contributed by atoms with Crippen LogP contribution in [0.3, 0.4) is 0 Å². The lowest BCUT2D eigenvalue weighted by atomic mass is 10.2. The highest BCUT2D eigenvalue weighted by Crippen LogP contribution is 2.30. The summed E-state index contributed by atoms with van der Waals surface area (Å²) in [7, 11) is -3.62. The van der Waals surface area contributed by atoms with Crippen molar-refractivity contribution in [2.45, 2.75) is 18.4 Å². The molecule has 0 aliphatic rings. The van der Waals surface area contributed by atoms with Crippen molar-refractivity contribution in [3.05, 3.63) is 58.6 Å². The summed E-state index contributed by atoms with van der Waals surface area (Å²) in [6.45, 7) is 1.64. The Morgan fingerprint density at radius 1 is 1.13 bits per heavy atom. The van der Waals surface area contributed by atoms with Gasteiger partial charge in [-0.25, -0.2) is 27.0 Å². The van der Waals surface area contributed by atoms with Gasteiger partial charge in [-0.1, -0.05) is 0 Å². The number of ether oxygens (including phenoxy) is 2. The number of carbonyl (C=O) groups is 1. The van der Waals surface area contributed by atoms with Crippen LogP contribution >= 0.6 is 11.5 Å². The van der Waals surface area contributed by atoms with Gasteiger partial charge >= 0.3 is 5.97 Å². The fourth-order valence-electron chi connectivity index (χ4n) is 2.49. The van der Waals surface area contributed by atoms with E-state index in [2.05, 4.69) is 9.36 Å². The summed E-state index contributed by atoms with van der Waals surface area (Å²) in [5, 5.41) is 0. The van der Waals surface area contributed by atoms with E-state index in [9.17, 15) is 22.0 Å². The highest BCUT2D eigenvalue weighted by molar-refractivity contribution is 7.90. The van der Waals surface area contributed by atoms with Gasteiger partial charge in [0.25, 0.3) is 0 Å². The maximum atomic E-state index is 13.8. The number of aromatic nitrogens is 2. The van der Waals surface area contributed by atoms with Gasteiger partial charge in [0.2, 0.25) is 0 Å². The molecule has 2 heterocycles.